The van der Waals surface area contributed by atoms with Crippen molar-refractivity contribution in [1.29, 1.82) is 0 Å². The Morgan fingerprint density at radius 3 is 2.95 bits per heavy atom. The molecule has 4 N–H and O–H groups in total. The Balaban J connectivity index is 1.59. The van der Waals surface area contributed by atoms with Crippen molar-refractivity contribution in [2.24, 2.45) is 5.92 Å². The predicted molar refractivity (Wildman–Crippen MR) is 80.4 cm³/mol. The molecule has 1 amide bonds. The fourth-order valence-electron chi connectivity index (χ4n) is 2.22. The van der Waals surface area contributed by atoms with Crippen LogP contribution >= 0.6 is 0 Å². The number of hydrogen-bond donors (Lipinski definition) is 3. The van der Waals surface area contributed by atoms with Crippen molar-refractivity contribution in [1.82, 2.24) is 10.3 Å². The van der Waals surface area contributed by atoms with Crippen molar-refractivity contribution in [2.45, 2.75) is 12.8 Å². The lowest BCUT2D eigenvalue weighted by Gasteiger charge is -2.12. The summed E-state index contributed by atoms with van der Waals surface area (Å²) in [5.41, 5.74) is 7.76. The standard InChI is InChI=1S/C15H18N4O/c16-14-12-5-6-17-9-11(12)3-4-13(14)18-7-8-19-15(20)10-1-2-10/h3-6,9-10,18H,1-2,7-8,16H2,(H,19,20). The Bertz CT molecular complexity index is 637. The van der Waals surface area contributed by atoms with Crippen molar-refractivity contribution >= 4 is 28.1 Å². The maximum absolute atomic E-state index is 11.5. The molecule has 2 aromatic rings. The van der Waals surface area contributed by atoms with Gasteiger partial charge in [-0.25, -0.2) is 0 Å². The molecule has 5 heteroatoms. The highest BCUT2D eigenvalue weighted by molar-refractivity contribution is 5.98. The third-order valence-corrected chi connectivity index (χ3v) is 3.55. The van der Waals surface area contributed by atoms with Crippen LogP contribution in [0.5, 0.6) is 0 Å². The van der Waals surface area contributed by atoms with E-state index in [0.29, 0.717) is 13.1 Å². The van der Waals surface area contributed by atoms with Gasteiger partial charge < -0.3 is 16.4 Å². The van der Waals surface area contributed by atoms with Crippen LogP contribution in [0.2, 0.25) is 0 Å². The van der Waals surface area contributed by atoms with Crippen LogP contribution in [0.15, 0.2) is 30.6 Å². The predicted octanol–water partition coefficient (Wildman–Crippen LogP) is 1.76. The number of hydrogen-bond acceptors (Lipinski definition) is 4. The number of amides is 1. The van der Waals surface area contributed by atoms with E-state index in [2.05, 4.69) is 15.6 Å². The second-order valence-electron chi connectivity index (χ2n) is 5.12. The van der Waals surface area contributed by atoms with E-state index in [1.165, 1.54) is 0 Å². The zero-order valence-corrected chi connectivity index (χ0v) is 11.2. The van der Waals surface area contributed by atoms with Crippen LogP contribution < -0.4 is 16.4 Å². The van der Waals surface area contributed by atoms with Crippen LogP contribution in [-0.2, 0) is 4.79 Å². The molecule has 1 heterocycles. The number of nitrogen functional groups attached to an aromatic ring is 1. The number of carbonyl (C=O) groups is 1. The van der Waals surface area contributed by atoms with Gasteiger partial charge in [0.05, 0.1) is 11.4 Å². The van der Waals surface area contributed by atoms with Gasteiger partial charge in [-0.15, -0.1) is 0 Å². The molecule has 1 aromatic carbocycles. The number of nitrogens with zero attached hydrogens (tertiary/aromatic N) is 1. The highest BCUT2D eigenvalue weighted by atomic mass is 16.2. The van der Waals surface area contributed by atoms with Gasteiger partial charge in [0.25, 0.3) is 0 Å². The topological polar surface area (TPSA) is 80.0 Å². The Kier molecular flexibility index (Phi) is 3.41. The lowest BCUT2D eigenvalue weighted by Crippen LogP contribution is -2.29. The monoisotopic (exact) mass is 270 g/mol. The van der Waals surface area contributed by atoms with Crippen molar-refractivity contribution in [3.05, 3.63) is 30.6 Å². The van der Waals surface area contributed by atoms with Gasteiger partial charge in [0.1, 0.15) is 0 Å². The second-order valence-corrected chi connectivity index (χ2v) is 5.12. The van der Waals surface area contributed by atoms with Crippen LogP contribution in [-0.4, -0.2) is 24.0 Å². The highest BCUT2D eigenvalue weighted by Gasteiger charge is 2.28. The largest absolute Gasteiger partial charge is 0.397 e. The molecule has 1 aromatic heterocycles. The van der Waals surface area contributed by atoms with E-state index in [1.807, 2.05) is 18.2 Å². The molecule has 0 bridgehead atoms. The molecular weight excluding hydrogens is 252 g/mol. The average molecular weight is 270 g/mol. The number of anilines is 2. The number of benzene rings is 1. The minimum atomic E-state index is 0.171. The smallest absolute Gasteiger partial charge is 0.223 e. The van der Waals surface area contributed by atoms with Crippen molar-refractivity contribution in [3.63, 3.8) is 0 Å². The van der Waals surface area contributed by atoms with E-state index in [1.54, 1.807) is 12.4 Å². The van der Waals surface area contributed by atoms with Gasteiger partial charge in [0.15, 0.2) is 0 Å². The average Bonchev–Trinajstić information content (AvgIpc) is 3.30. The zero-order chi connectivity index (χ0) is 13.9. The lowest BCUT2D eigenvalue weighted by atomic mass is 10.1. The van der Waals surface area contributed by atoms with Crippen LogP contribution in [0.25, 0.3) is 10.8 Å². The molecule has 0 saturated heterocycles. The Morgan fingerprint density at radius 2 is 2.15 bits per heavy atom. The maximum atomic E-state index is 11.5. The maximum Gasteiger partial charge on any atom is 0.223 e. The number of rotatable bonds is 5. The Morgan fingerprint density at radius 1 is 1.30 bits per heavy atom. The highest BCUT2D eigenvalue weighted by Crippen LogP contribution is 2.29. The first-order valence-electron chi connectivity index (χ1n) is 6.89. The number of nitrogens with one attached hydrogen (secondary N) is 2. The summed E-state index contributed by atoms with van der Waals surface area (Å²) in [6, 6.07) is 5.84. The van der Waals surface area contributed by atoms with Gasteiger partial charge in [0, 0.05) is 42.2 Å². The molecule has 20 heavy (non-hydrogen) atoms. The minimum absolute atomic E-state index is 0.171. The molecule has 0 spiro atoms. The van der Waals surface area contributed by atoms with Gasteiger partial charge in [-0.05, 0) is 25.0 Å². The van der Waals surface area contributed by atoms with E-state index in [9.17, 15) is 4.79 Å². The molecule has 1 saturated carbocycles. The molecule has 0 atom stereocenters. The van der Waals surface area contributed by atoms with Crippen LogP contribution in [0, 0.1) is 5.92 Å². The zero-order valence-electron chi connectivity index (χ0n) is 11.2. The normalized spacial score (nSPS) is 14.2. The molecule has 0 radical (unpaired) electrons. The lowest BCUT2D eigenvalue weighted by molar-refractivity contribution is -0.122. The first-order valence-corrected chi connectivity index (χ1v) is 6.89. The van der Waals surface area contributed by atoms with E-state index < -0.39 is 0 Å². The fourth-order valence-corrected chi connectivity index (χ4v) is 2.22. The van der Waals surface area contributed by atoms with Gasteiger partial charge in [-0.1, -0.05) is 6.07 Å². The summed E-state index contributed by atoms with van der Waals surface area (Å²) in [5, 5.41) is 8.20. The van der Waals surface area contributed by atoms with Gasteiger partial charge >= 0.3 is 0 Å². The second kappa shape index (κ2) is 5.36. The summed E-state index contributed by atoms with van der Waals surface area (Å²) < 4.78 is 0. The number of nitrogens with two attached hydrogens (primary N) is 1. The molecular formula is C15H18N4O. The molecule has 104 valence electrons. The molecule has 3 rings (SSSR count). The fraction of sp³-hybridized carbons (Fsp3) is 0.333. The summed E-state index contributed by atoms with van der Waals surface area (Å²) in [6.45, 7) is 1.28. The summed E-state index contributed by atoms with van der Waals surface area (Å²) in [7, 11) is 0. The third kappa shape index (κ3) is 2.66. The first-order chi connectivity index (χ1) is 9.75. The quantitative estimate of drug-likeness (QED) is 0.571. The van der Waals surface area contributed by atoms with E-state index in [-0.39, 0.29) is 11.8 Å². The SMILES string of the molecule is Nc1c(NCCNC(=O)C2CC2)ccc2cnccc12. The van der Waals surface area contributed by atoms with Gasteiger partial charge in [-0.2, -0.15) is 0 Å². The van der Waals surface area contributed by atoms with E-state index in [0.717, 1.165) is 35.0 Å². The number of pyridine rings is 1. The van der Waals surface area contributed by atoms with E-state index >= 15 is 0 Å². The van der Waals surface area contributed by atoms with Crippen molar-refractivity contribution in [3.8, 4) is 0 Å². The number of carbonyl (C=O) groups excluding carboxylic acids is 1. The summed E-state index contributed by atoms with van der Waals surface area (Å²) in [6.07, 6.45) is 5.60. The van der Waals surface area contributed by atoms with Crippen LogP contribution in [0.3, 0.4) is 0 Å². The van der Waals surface area contributed by atoms with E-state index in [4.69, 9.17) is 5.73 Å². The van der Waals surface area contributed by atoms with Crippen LogP contribution in [0.4, 0.5) is 11.4 Å². The number of fused-ring (bicyclic) bond motifs is 1. The van der Waals surface area contributed by atoms with Crippen molar-refractivity contribution < 1.29 is 4.79 Å². The first kappa shape index (κ1) is 12.7. The van der Waals surface area contributed by atoms with Crippen LogP contribution in [0.1, 0.15) is 12.8 Å². The van der Waals surface area contributed by atoms with Gasteiger partial charge in [-0.3, -0.25) is 9.78 Å². The minimum Gasteiger partial charge on any atom is -0.397 e. The molecule has 1 aliphatic rings. The Labute approximate surface area is 117 Å². The third-order valence-electron chi connectivity index (χ3n) is 3.55. The summed E-state index contributed by atoms with van der Waals surface area (Å²) in [4.78, 5) is 15.6. The Hall–Kier alpha value is -2.30. The molecule has 1 aliphatic carbocycles. The summed E-state index contributed by atoms with van der Waals surface area (Å²) in [5.74, 6) is 0.428. The molecule has 5 nitrogen and oxygen atoms in total. The van der Waals surface area contributed by atoms with Gasteiger partial charge in [0.2, 0.25) is 5.91 Å². The summed E-state index contributed by atoms with van der Waals surface area (Å²) >= 11 is 0. The molecule has 0 unspecified atom stereocenters. The van der Waals surface area contributed by atoms with Crippen molar-refractivity contribution in [2.75, 3.05) is 24.1 Å². The number of aromatic nitrogens is 1. The molecule has 0 aliphatic heterocycles. The molecule has 1 fully saturated rings.